The summed E-state index contributed by atoms with van der Waals surface area (Å²) in [7, 11) is 1.87. The lowest BCUT2D eigenvalue weighted by atomic mass is 10.1. The molecule has 0 aromatic carbocycles. The molecular formula is C10H20N2. The summed E-state index contributed by atoms with van der Waals surface area (Å²) in [5, 5.41) is 1.68. The number of allylic oxidation sites excluding steroid dienone is 4. The van der Waals surface area contributed by atoms with Gasteiger partial charge in [-0.2, -0.15) is 0 Å². The van der Waals surface area contributed by atoms with Crippen LogP contribution in [0.4, 0.5) is 0 Å². The molecule has 0 heterocycles. The van der Waals surface area contributed by atoms with Crippen LogP contribution < -0.4 is 5.84 Å². The number of hydrogen-bond donors (Lipinski definition) is 1. The molecule has 0 fully saturated rings. The van der Waals surface area contributed by atoms with E-state index in [0.29, 0.717) is 5.92 Å². The lowest BCUT2D eigenvalue weighted by Gasteiger charge is -2.17. The zero-order chi connectivity index (χ0) is 9.56. The molecule has 2 nitrogen and oxygen atoms in total. The van der Waals surface area contributed by atoms with Crippen molar-refractivity contribution in [2.75, 3.05) is 7.05 Å². The summed E-state index contributed by atoms with van der Waals surface area (Å²) in [6.45, 7) is 6.38. The molecule has 0 aliphatic carbocycles. The van der Waals surface area contributed by atoms with E-state index in [0.717, 1.165) is 6.42 Å². The van der Waals surface area contributed by atoms with Gasteiger partial charge in [0.2, 0.25) is 0 Å². The minimum absolute atomic E-state index is 0.646. The number of nitrogens with zero attached hydrogens (tertiary/aromatic N) is 1. The summed E-state index contributed by atoms with van der Waals surface area (Å²) in [5.74, 6) is 6.30. The lowest BCUT2D eigenvalue weighted by molar-refractivity contribution is 0.400. The van der Waals surface area contributed by atoms with E-state index >= 15 is 0 Å². The average Bonchev–Trinajstić information content (AvgIpc) is 1.96. The van der Waals surface area contributed by atoms with Crippen LogP contribution in [-0.2, 0) is 0 Å². The van der Waals surface area contributed by atoms with Crippen LogP contribution in [0.2, 0.25) is 0 Å². The SMILES string of the molecule is C/C=C\C=C(\CC(C)C)N(C)N. The summed E-state index contributed by atoms with van der Waals surface area (Å²) >= 11 is 0. The molecule has 0 atom stereocenters. The van der Waals surface area contributed by atoms with E-state index in [1.54, 1.807) is 5.01 Å². The highest BCUT2D eigenvalue weighted by Gasteiger charge is 2.01. The molecule has 0 aliphatic heterocycles. The van der Waals surface area contributed by atoms with Gasteiger partial charge in [-0.25, -0.2) is 5.84 Å². The van der Waals surface area contributed by atoms with Crippen LogP contribution >= 0.6 is 0 Å². The maximum absolute atomic E-state index is 5.66. The Morgan fingerprint density at radius 1 is 1.50 bits per heavy atom. The van der Waals surface area contributed by atoms with Crippen LogP contribution in [0, 0.1) is 5.92 Å². The van der Waals surface area contributed by atoms with E-state index in [4.69, 9.17) is 5.84 Å². The van der Waals surface area contributed by atoms with Crippen LogP contribution in [0.25, 0.3) is 0 Å². The average molecular weight is 168 g/mol. The maximum Gasteiger partial charge on any atom is 0.0290 e. The molecule has 0 spiro atoms. The largest absolute Gasteiger partial charge is 0.318 e. The van der Waals surface area contributed by atoms with Gasteiger partial charge < -0.3 is 5.01 Å². The second-order valence-corrected chi connectivity index (χ2v) is 3.39. The first kappa shape index (κ1) is 11.2. The van der Waals surface area contributed by atoms with Gasteiger partial charge in [0.15, 0.2) is 0 Å². The number of hydrazine groups is 1. The molecule has 0 unspecified atom stereocenters. The fourth-order valence-electron chi connectivity index (χ4n) is 0.955. The van der Waals surface area contributed by atoms with Gasteiger partial charge in [-0.05, 0) is 25.3 Å². The van der Waals surface area contributed by atoms with E-state index in [9.17, 15) is 0 Å². The number of rotatable bonds is 4. The Balaban J connectivity index is 4.22. The van der Waals surface area contributed by atoms with Gasteiger partial charge in [-0.15, -0.1) is 0 Å². The van der Waals surface area contributed by atoms with Crippen molar-refractivity contribution >= 4 is 0 Å². The fraction of sp³-hybridized carbons (Fsp3) is 0.600. The molecule has 0 saturated carbocycles. The molecule has 2 heteroatoms. The first-order valence-corrected chi connectivity index (χ1v) is 4.38. The Bertz CT molecular complexity index is 167. The second-order valence-electron chi connectivity index (χ2n) is 3.39. The van der Waals surface area contributed by atoms with E-state index in [1.807, 2.05) is 26.1 Å². The molecular weight excluding hydrogens is 148 g/mol. The summed E-state index contributed by atoms with van der Waals surface area (Å²) in [6.07, 6.45) is 7.10. The fourth-order valence-corrected chi connectivity index (χ4v) is 0.955. The Kier molecular flexibility index (Phi) is 5.47. The van der Waals surface area contributed by atoms with Crippen molar-refractivity contribution in [1.29, 1.82) is 0 Å². The molecule has 0 aromatic rings. The molecule has 0 radical (unpaired) electrons. The van der Waals surface area contributed by atoms with Gasteiger partial charge in [0.1, 0.15) is 0 Å². The van der Waals surface area contributed by atoms with E-state index < -0.39 is 0 Å². The standard InChI is InChI=1S/C10H20N2/c1-5-6-7-10(12(4)11)8-9(2)3/h5-7,9H,8,11H2,1-4H3/b6-5-,10-7-. The first-order chi connectivity index (χ1) is 5.57. The highest BCUT2D eigenvalue weighted by Crippen LogP contribution is 2.11. The van der Waals surface area contributed by atoms with Gasteiger partial charge in [0.05, 0.1) is 0 Å². The van der Waals surface area contributed by atoms with Gasteiger partial charge >= 0.3 is 0 Å². The van der Waals surface area contributed by atoms with Crippen LogP contribution in [0.15, 0.2) is 23.9 Å². The van der Waals surface area contributed by atoms with E-state index in [2.05, 4.69) is 19.9 Å². The van der Waals surface area contributed by atoms with Crippen molar-refractivity contribution < 1.29 is 0 Å². The third-order valence-electron chi connectivity index (χ3n) is 1.55. The Morgan fingerprint density at radius 3 is 2.42 bits per heavy atom. The summed E-state index contributed by atoms with van der Waals surface area (Å²) in [5.41, 5.74) is 1.17. The van der Waals surface area contributed by atoms with Crippen molar-refractivity contribution in [2.24, 2.45) is 11.8 Å². The molecule has 0 amide bonds. The molecule has 0 rings (SSSR count). The van der Waals surface area contributed by atoms with Crippen LogP contribution in [0.1, 0.15) is 27.2 Å². The molecule has 0 saturated heterocycles. The number of nitrogens with two attached hydrogens (primary N) is 1. The second kappa shape index (κ2) is 5.84. The maximum atomic E-state index is 5.66. The van der Waals surface area contributed by atoms with Crippen molar-refractivity contribution in [2.45, 2.75) is 27.2 Å². The zero-order valence-electron chi connectivity index (χ0n) is 8.54. The predicted octanol–water partition coefficient (Wildman–Crippen LogP) is 2.30. The van der Waals surface area contributed by atoms with Crippen molar-refractivity contribution in [1.82, 2.24) is 5.01 Å². The highest BCUT2D eigenvalue weighted by atomic mass is 15.4. The number of hydrogen-bond acceptors (Lipinski definition) is 2. The lowest BCUT2D eigenvalue weighted by Crippen LogP contribution is -2.25. The van der Waals surface area contributed by atoms with Crippen molar-refractivity contribution in [3.8, 4) is 0 Å². The third kappa shape index (κ3) is 4.97. The Morgan fingerprint density at radius 2 is 2.08 bits per heavy atom. The highest BCUT2D eigenvalue weighted by molar-refractivity contribution is 5.10. The van der Waals surface area contributed by atoms with Crippen molar-refractivity contribution in [3.63, 3.8) is 0 Å². The first-order valence-electron chi connectivity index (χ1n) is 4.38. The van der Waals surface area contributed by atoms with Gasteiger partial charge in [-0.3, -0.25) is 0 Å². The molecule has 70 valence electrons. The molecule has 12 heavy (non-hydrogen) atoms. The van der Waals surface area contributed by atoms with Gasteiger partial charge in [0, 0.05) is 12.7 Å². The molecule has 0 aliphatic rings. The monoisotopic (exact) mass is 168 g/mol. The normalized spacial score (nSPS) is 13.0. The zero-order valence-corrected chi connectivity index (χ0v) is 8.54. The summed E-state index contributed by atoms with van der Waals surface area (Å²) in [4.78, 5) is 0. The Labute approximate surface area is 75.7 Å². The minimum atomic E-state index is 0.646. The van der Waals surface area contributed by atoms with E-state index in [-0.39, 0.29) is 0 Å². The third-order valence-corrected chi connectivity index (χ3v) is 1.55. The van der Waals surface area contributed by atoms with Crippen molar-refractivity contribution in [3.05, 3.63) is 23.9 Å². The molecule has 0 bridgehead atoms. The smallest absolute Gasteiger partial charge is 0.0290 e. The minimum Gasteiger partial charge on any atom is -0.318 e. The topological polar surface area (TPSA) is 29.3 Å². The van der Waals surface area contributed by atoms with Crippen LogP contribution in [0.5, 0.6) is 0 Å². The Hall–Kier alpha value is -0.760. The molecule has 0 aromatic heterocycles. The molecule has 2 N–H and O–H groups in total. The van der Waals surface area contributed by atoms with Crippen LogP contribution in [0.3, 0.4) is 0 Å². The van der Waals surface area contributed by atoms with E-state index in [1.165, 1.54) is 5.70 Å². The van der Waals surface area contributed by atoms with Gasteiger partial charge in [-0.1, -0.05) is 26.0 Å². The quantitative estimate of drug-likeness (QED) is 0.396. The predicted molar refractivity (Wildman–Crippen MR) is 54.3 cm³/mol. The summed E-state index contributed by atoms with van der Waals surface area (Å²) < 4.78 is 0. The van der Waals surface area contributed by atoms with Gasteiger partial charge in [0.25, 0.3) is 0 Å². The van der Waals surface area contributed by atoms with Crippen LogP contribution in [-0.4, -0.2) is 12.1 Å². The summed E-state index contributed by atoms with van der Waals surface area (Å²) in [6, 6.07) is 0.